The molecule has 4 aromatic rings. The van der Waals surface area contributed by atoms with Crippen LogP contribution in [0.2, 0.25) is 0 Å². The van der Waals surface area contributed by atoms with Crippen LogP contribution in [0.1, 0.15) is 16.1 Å². The number of benzene rings is 3. The molecule has 31 heavy (non-hydrogen) atoms. The van der Waals surface area contributed by atoms with Crippen LogP contribution in [-0.4, -0.2) is 25.3 Å². The Morgan fingerprint density at radius 3 is 2.00 bits per heavy atom. The first-order valence-electron chi connectivity index (χ1n) is 9.91. The number of rotatable bonds is 8. The molecule has 3 aromatic carbocycles. The Morgan fingerprint density at radius 2 is 1.42 bits per heavy atom. The molecule has 0 aliphatic carbocycles. The third kappa shape index (κ3) is 4.37. The van der Waals surface area contributed by atoms with Crippen LogP contribution in [-0.2, 0) is 18.3 Å². The van der Waals surface area contributed by atoms with Crippen molar-refractivity contribution in [3.05, 3.63) is 101 Å². The zero-order valence-corrected chi connectivity index (χ0v) is 19.1. The van der Waals surface area contributed by atoms with Crippen molar-refractivity contribution in [2.75, 3.05) is 0 Å². The van der Waals surface area contributed by atoms with Gasteiger partial charge in [0.05, 0.1) is 16.1 Å². The Hall–Kier alpha value is -2.67. The topological polar surface area (TPSA) is 53.4 Å². The molecule has 1 aromatic heterocycles. The molecule has 0 amide bonds. The van der Waals surface area contributed by atoms with Gasteiger partial charge in [0.2, 0.25) is 0 Å². The summed E-state index contributed by atoms with van der Waals surface area (Å²) >= 11 is 12.3. The van der Waals surface area contributed by atoms with Crippen LogP contribution in [0, 0.1) is 5.92 Å². The van der Waals surface area contributed by atoms with Crippen LogP contribution in [0.5, 0.6) is 0 Å². The van der Waals surface area contributed by atoms with Crippen molar-refractivity contribution < 1.29 is 10.2 Å². The average molecular weight is 464 g/mol. The van der Waals surface area contributed by atoms with Crippen LogP contribution in [0.4, 0.5) is 0 Å². The van der Waals surface area contributed by atoms with E-state index in [0.717, 1.165) is 21.3 Å². The van der Waals surface area contributed by atoms with Gasteiger partial charge in [-0.2, -0.15) is 0 Å². The molecule has 2 atom stereocenters. The number of thiocarbonyl (C=S) groups is 2. The SMILES string of the molecule is OC(=S)C(Cc1ccccc1)C(Cc1ccccc1)(C(O)=S)c1nc2ccccc2s1. The van der Waals surface area contributed by atoms with E-state index in [1.165, 1.54) is 11.3 Å². The van der Waals surface area contributed by atoms with Crippen LogP contribution in [0.15, 0.2) is 84.9 Å². The lowest BCUT2D eigenvalue weighted by atomic mass is 9.69. The van der Waals surface area contributed by atoms with Crippen molar-refractivity contribution >= 4 is 56.1 Å². The number of nitrogens with zero attached hydrogens (tertiary/aromatic N) is 1. The van der Waals surface area contributed by atoms with Crippen molar-refractivity contribution in [3.63, 3.8) is 0 Å². The highest BCUT2D eigenvalue weighted by Gasteiger charge is 2.49. The molecular weight excluding hydrogens is 442 g/mol. The molecule has 0 saturated heterocycles. The van der Waals surface area contributed by atoms with Gasteiger partial charge in [0.1, 0.15) is 10.4 Å². The Balaban J connectivity index is 1.92. The zero-order chi connectivity index (χ0) is 21.8. The van der Waals surface area contributed by atoms with E-state index in [1.54, 1.807) is 0 Å². The lowest BCUT2D eigenvalue weighted by Gasteiger charge is -2.37. The van der Waals surface area contributed by atoms with Gasteiger partial charge < -0.3 is 10.2 Å². The summed E-state index contributed by atoms with van der Waals surface area (Å²) in [6.07, 6.45) is 0.806. The standard InChI is InChI=1S/C25H21NO2S3/c27-22(29)19(15-17-9-3-1-4-10-17)25(24(28)30,16-18-11-5-2-6-12-18)23-26-20-13-7-8-14-21(20)31-23/h1-14,19H,15-16H2,(H,27,29)(H,28,30). The molecule has 156 valence electrons. The summed E-state index contributed by atoms with van der Waals surface area (Å²) in [5, 5.41) is 22.0. The highest BCUT2D eigenvalue weighted by Crippen LogP contribution is 2.43. The van der Waals surface area contributed by atoms with Crippen molar-refractivity contribution in [1.29, 1.82) is 0 Å². The maximum atomic E-state index is 11.0. The average Bonchev–Trinajstić information content (AvgIpc) is 3.22. The minimum atomic E-state index is -1.14. The smallest absolute Gasteiger partial charge is 0.170 e. The summed E-state index contributed by atoms with van der Waals surface area (Å²) in [4.78, 5) is 4.85. The summed E-state index contributed by atoms with van der Waals surface area (Å²) < 4.78 is 0.994. The molecule has 1 heterocycles. The lowest BCUT2D eigenvalue weighted by molar-refractivity contribution is 0.346. The van der Waals surface area contributed by atoms with Gasteiger partial charge in [0, 0.05) is 0 Å². The molecule has 6 heteroatoms. The Labute approximate surface area is 196 Å². The molecule has 2 N–H and O–H groups in total. The molecule has 0 bridgehead atoms. The van der Waals surface area contributed by atoms with E-state index in [2.05, 4.69) is 0 Å². The maximum Gasteiger partial charge on any atom is 0.170 e. The first kappa shape index (κ1) is 21.6. The molecule has 0 fully saturated rings. The monoisotopic (exact) mass is 463 g/mol. The van der Waals surface area contributed by atoms with E-state index < -0.39 is 11.3 Å². The molecule has 2 unspecified atom stereocenters. The summed E-state index contributed by atoms with van der Waals surface area (Å²) in [6.45, 7) is 0. The summed E-state index contributed by atoms with van der Waals surface area (Å²) in [5.41, 5.74) is 1.67. The fourth-order valence-corrected chi connectivity index (χ4v) is 5.84. The predicted octanol–water partition coefficient (Wildman–Crippen LogP) is 6.41. The van der Waals surface area contributed by atoms with Crippen LogP contribution in [0.3, 0.4) is 0 Å². The number of aromatic nitrogens is 1. The van der Waals surface area contributed by atoms with Crippen molar-refractivity contribution in [3.8, 4) is 0 Å². The molecule has 0 spiro atoms. The first-order valence-corrected chi connectivity index (χ1v) is 11.5. The third-order valence-corrected chi connectivity index (χ3v) is 7.42. The fraction of sp³-hybridized carbons (Fsp3) is 0.160. The number of fused-ring (bicyclic) bond motifs is 1. The van der Waals surface area contributed by atoms with Gasteiger partial charge >= 0.3 is 0 Å². The Morgan fingerprint density at radius 1 is 0.839 bits per heavy atom. The number of hydrogen-bond donors (Lipinski definition) is 2. The van der Waals surface area contributed by atoms with Gasteiger partial charge in [-0.15, -0.1) is 11.3 Å². The normalized spacial score (nSPS) is 14.1. The van der Waals surface area contributed by atoms with E-state index in [4.69, 9.17) is 29.4 Å². The second kappa shape index (κ2) is 9.22. The van der Waals surface area contributed by atoms with Crippen LogP contribution in [0.25, 0.3) is 10.2 Å². The Bertz CT molecular complexity index is 1170. The molecule has 0 saturated carbocycles. The lowest BCUT2D eigenvalue weighted by Crippen LogP contribution is -2.48. The molecule has 4 rings (SSSR count). The van der Waals surface area contributed by atoms with Gasteiger partial charge in [0.25, 0.3) is 0 Å². The second-order valence-electron chi connectivity index (χ2n) is 7.51. The van der Waals surface area contributed by atoms with Crippen molar-refractivity contribution in [2.24, 2.45) is 5.92 Å². The number of aliphatic hydroxyl groups is 2. The minimum Gasteiger partial charge on any atom is -0.502 e. The molecule has 0 aliphatic rings. The predicted molar refractivity (Wildman–Crippen MR) is 136 cm³/mol. The number of aliphatic hydroxyl groups excluding tert-OH is 2. The second-order valence-corrected chi connectivity index (χ2v) is 9.34. The number of hydrogen-bond acceptors (Lipinski definition) is 4. The maximum absolute atomic E-state index is 11.0. The number of para-hydroxylation sites is 1. The minimum absolute atomic E-state index is 0.185. The van der Waals surface area contributed by atoms with Gasteiger partial charge in [0.15, 0.2) is 10.1 Å². The third-order valence-electron chi connectivity index (χ3n) is 5.56. The van der Waals surface area contributed by atoms with E-state index in [-0.39, 0.29) is 10.1 Å². The first-order chi connectivity index (χ1) is 15.0. The van der Waals surface area contributed by atoms with Crippen LogP contribution < -0.4 is 0 Å². The quantitative estimate of drug-likeness (QED) is 0.296. The summed E-state index contributed by atoms with van der Waals surface area (Å²) in [7, 11) is 0. The van der Waals surface area contributed by atoms with Crippen molar-refractivity contribution in [2.45, 2.75) is 18.3 Å². The van der Waals surface area contributed by atoms with Gasteiger partial charge in [-0.05, 0) is 60.5 Å². The van der Waals surface area contributed by atoms with Gasteiger partial charge in [-0.25, -0.2) is 4.98 Å². The number of thiazole rings is 1. The molecular formula is C25H21NO2S3. The molecule has 0 radical (unpaired) electrons. The van der Waals surface area contributed by atoms with Gasteiger partial charge in [-0.3, -0.25) is 0 Å². The molecule has 3 nitrogen and oxygen atoms in total. The summed E-state index contributed by atoms with van der Waals surface area (Å²) in [6, 6.07) is 27.4. The highest BCUT2D eigenvalue weighted by atomic mass is 32.1. The van der Waals surface area contributed by atoms with E-state index >= 15 is 0 Å². The van der Waals surface area contributed by atoms with Gasteiger partial charge in [-0.1, -0.05) is 72.8 Å². The van der Waals surface area contributed by atoms with E-state index in [0.29, 0.717) is 17.8 Å². The largest absolute Gasteiger partial charge is 0.502 e. The summed E-state index contributed by atoms with van der Waals surface area (Å²) in [5.74, 6) is -0.622. The zero-order valence-electron chi connectivity index (χ0n) is 16.6. The van der Waals surface area contributed by atoms with Crippen LogP contribution >= 0.6 is 35.8 Å². The molecule has 0 aliphatic heterocycles. The van der Waals surface area contributed by atoms with E-state index in [9.17, 15) is 10.2 Å². The highest BCUT2D eigenvalue weighted by molar-refractivity contribution is 7.80. The fourth-order valence-electron chi connectivity index (χ4n) is 3.97. The van der Waals surface area contributed by atoms with Crippen molar-refractivity contribution in [1.82, 2.24) is 4.98 Å². The van der Waals surface area contributed by atoms with E-state index in [1.807, 2.05) is 84.9 Å². The Kier molecular flexibility index (Phi) is 6.41.